The van der Waals surface area contributed by atoms with E-state index in [4.69, 9.17) is 4.52 Å². The maximum absolute atomic E-state index is 12.4. The van der Waals surface area contributed by atoms with Gasteiger partial charge < -0.3 is 14.7 Å². The minimum Gasteiger partial charge on any atom is -0.354 e. The van der Waals surface area contributed by atoms with E-state index >= 15 is 0 Å². The lowest BCUT2D eigenvalue weighted by molar-refractivity contribution is -0.144. The molecule has 0 saturated carbocycles. The van der Waals surface area contributed by atoms with Gasteiger partial charge >= 0.3 is 0 Å². The molecule has 8 heteroatoms. The lowest BCUT2D eigenvalue weighted by Gasteiger charge is -2.29. The highest BCUT2D eigenvalue weighted by Gasteiger charge is 2.38. The third-order valence-corrected chi connectivity index (χ3v) is 4.54. The second kappa shape index (κ2) is 7.33. The Balaban J connectivity index is 1.79. The van der Waals surface area contributed by atoms with E-state index in [1.165, 1.54) is 0 Å². The lowest BCUT2D eigenvalue weighted by atomic mass is 9.94. The molecule has 0 aliphatic carbocycles. The average Bonchev–Trinajstić information content (AvgIpc) is 3.10. The molecular formula is C15H24N4O3S. The number of thioether (sulfide) groups is 1. The van der Waals surface area contributed by atoms with Crippen molar-refractivity contribution in [3.05, 3.63) is 11.7 Å². The van der Waals surface area contributed by atoms with E-state index in [1.54, 1.807) is 23.6 Å². The highest BCUT2D eigenvalue weighted by atomic mass is 32.2. The number of aryl methyl sites for hydroxylation is 2. The Morgan fingerprint density at radius 1 is 1.43 bits per heavy atom. The maximum atomic E-state index is 12.4. The molecule has 0 bridgehead atoms. The molecule has 1 fully saturated rings. The second-order valence-electron chi connectivity index (χ2n) is 6.67. The zero-order valence-electron chi connectivity index (χ0n) is 14.1. The monoisotopic (exact) mass is 340 g/mol. The molecule has 1 N–H and O–H groups in total. The van der Waals surface area contributed by atoms with Gasteiger partial charge in [-0.05, 0) is 13.3 Å². The van der Waals surface area contributed by atoms with Crippen molar-refractivity contribution in [3.63, 3.8) is 0 Å². The summed E-state index contributed by atoms with van der Waals surface area (Å²) in [5.41, 5.74) is -0.473. The predicted molar refractivity (Wildman–Crippen MR) is 87.8 cm³/mol. The van der Waals surface area contributed by atoms with Crippen molar-refractivity contribution in [1.29, 1.82) is 0 Å². The van der Waals surface area contributed by atoms with Crippen LogP contribution in [0, 0.1) is 12.3 Å². The van der Waals surface area contributed by atoms with Gasteiger partial charge in [0.15, 0.2) is 5.82 Å². The fourth-order valence-corrected chi connectivity index (χ4v) is 3.46. The van der Waals surface area contributed by atoms with Gasteiger partial charge in [0, 0.05) is 24.1 Å². The Bertz CT molecular complexity index is 567. The largest absolute Gasteiger partial charge is 0.354 e. The number of hydrogen-bond acceptors (Lipinski definition) is 6. The van der Waals surface area contributed by atoms with Crippen molar-refractivity contribution in [2.45, 2.75) is 46.6 Å². The predicted octanol–water partition coefficient (Wildman–Crippen LogP) is 1.37. The molecule has 2 rings (SSSR count). The Hall–Kier alpha value is -1.57. The first-order chi connectivity index (χ1) is 10.8. The lowest BCUT2D eigenvalue weighted by Crippen LogP contribution is -2.50. The molecule has 0 spiro atoms. The van der Waals surface area contributed by atoms with Crippen molar-refractivity contribution in [3.8, 4) is 0 Å². The van der Waals surface area contributed by atoms with Gasteiger partial charge in [-0.2, -0.15) is 4.98 Å². The van der Waals surface area contributed by atoms with Crippen molar-refractivity contribution >= 4 is 23.6 Å². The van der Waals surface area contributed by atoms with Crippen molar-refractivity contribution < 1.29 is 14.1 Å². The third kappa shape index (κ3) is 4.70. The van der Waals surface area contributed by atoms with Gasteiger partial charge in [0.05, 0.1) is 5.88 Å². The van der Waals surface area contributed by atoms with E-state index in [0.717, 1.165) is 6.42 Å². The molecule has 1 aliphatic rings. The average molecular weight is 340 g/mol. The number of nitrogens with zero attached hydrogens (tertiary/aromatic N) is 3. The molecule has 1 aliphatic heterocycles. The van der Waals surface area contributed by atoms with E-state index in [0.29, 0.717) is 36.3 Å². The maximum Gasteiger partial charge on any atom is 0.243 e. The summed E-state index contributed by atoms with van der Waals surface area (Å²) >= 11 is 1.61. The number of amides is 2. The molecular weight excluding hydrogens is 316 g/mol. The van der Waals surface area contributed by atoms with Crippen LogP contribution in [0.15, 0.2) is 4.52 Å². The Labute approximate surface area is 140 Å². The first kappa shape index (κ1) is 17.8. The molecule has 2 amide bonds. The van der Waals surface area contributed by atoms with Crippen LogP contribution in [0.2, 0.25) is 0 Å². The minimum absolute atomic E-state index is 0.0176. The number of carbonyl (C=O) groups is 2. The molecule has 2 heterocycles. The molecule has 23 heavy (non-hydrogen) atoms. The van der Waals surface area contributed by atoms with E-state index in [1.807, 2.05) is 20.8 Å². The summed E-state index contributed by atoms with van der Waals surface area (Å²) in [6, 6.07) is -0.377. The second-order valence-corrected chi connectivity index (χ2v) is 7.67. The van der Waals surface area contributed by atoms with Crippen molar-refractivity contribution in [1.82, 2.24) is 20.4 Å². The quantitative estimate of drug-likeness (QED) is 0.815. The zero-order chi connectivity index (χ0) is 17.0. The molecule has 0 aromatic carbocycles. The molecule has 1 atom stereocenters. The zero-order valence-corrected chi connectivity index (χ0v) is 14.9. The summed E-state index contributed by atoms with van der Waals surface area (Å²) in [5, 5.41) is 6.63. The summed E-state index contributed by atoms with van der Waals surface area (Å²) in [4.78, 5) is 30.5. The van der Waals surface area contributed by atoms with Gasteiger partial charge in [-0.3, -0.25) is 9.59 Å². The van der Waals surface area contributed by atoms with Crippen LogP contribution in [-0.2, 0) is 16.0 Å². The van der Waals surface area contributed by atoms with Crippen LogP contribution in [-0.4, -0.2) is 51.1 Å². The fourth-order valence-electron chi connectivity index (χ4n) is 2.30. The van der Waals surface area contributed by atoms with E-state index < -0.39 is 5.41 Å². The van der Waals surface area contributed by atoms with Crippen LogP contribution in [0.4, 0.5) is 0 Å². The van der Waals surface area contributed by atoms with Gasteiger partial charge in [-0.1, -0.05) is 25.9 Å². The highest BCUT2D eigenvalue weighted by Crippen LogP contribution is 2.27. The molecule has 0 radical (unpaired) electrons. The van der Waals surface area contributed by atoms with Gasteiger partial charge in [0.1, 0.15) is 6.04 Å². The standard InChI is InChI=1S/C15H24N4O3S/c1-10-17-12(22-18-10)6-5-7-16-13(20)11-8-23-9-19(11)14(21)15(2,3)4/h11H,5-9H2,1-4H3,(H,16,20)/t11-/m1/s1. The third-order valence-electron chi connectivity index (χ3n) is 3.52. The first-order valence-corrected chi connectivity index (χ1v) is 8.90. The number of aromatic nitrogens is 2. The molecule has 7 nitrogen and oxygen atoms in total. The van der Waals surface area contributed by atoms with Crippen LogP contribution in [0.1, 0.15) is 38.9 Å². The minimum atomic E-state index is -0.473. The van der Waals surface area contributed by atoms with Gasteiger partial charge in [-0.25, -0.2) is 0 Å². The Morgan fingerprint density at radius 3 is 2.78 bits per heavy atom. The Morgan fingerprint density at radius 2 is 2.17 bits per heavy atom. The summed E-state index contributed by atoms with van der Waals surface area (Å²) < 4.78 is 5.03. The SMILES string of the molecule is Cc1noc(CCCNC(=O)[C@H]2CSCN2C(=O)C(C)(C)C)n1. The van der Waals surface area contributed by atoms with Crippen LogP contribution >= 0.6 is 11.8 Å². The van der Waals surface area contributed by atoms with Crippen LogP contribution in [0.3, 0.4) is 0 Å². The summed E-state index contributed by atoms with van der Waals surface area (Å²) in [7, 11) is 0. The molecule has 0 unspecified atom stereocenters. The number of carbonyl (C=O) groups excluding carboxylic acids is 2. The summed E-state index contributed by atoms with van der Waals surface area (Å²) in [6.45, 7) is 7.92. The molecule has 1 aromatic rings. The molecule has 1 saturated heterocycles. The summed E-state index contributed by atoms with van der Waals surface area (Å²) in [5.74, 6) is 2.35. The summed E-state index contributed by atoms with van der Waals surface area (Å²) in [6.07, 6.45) is 1.35. The van der Waals surface area contributed by atoms with Crippen molar-refractivity contribution in [2.75, 3.05) is 18.2 Å². The van der Waals surface area contributed by atoms with Crippen LogP contribution in [0.25, 0.3) is 0 Å². The van der Waals surface area contributed by atoms with E-state index in [2.05, 4.69) is 15.5 Å². The van der Waals surface area contributed by atoms with E-state index in [9.17, 15) is 9.59 Å². The van der Waals surface area contributed by atoms with Crippen LogP contribution < -0.4 is 5.32 Å². The fraction of sp³-hybridized carbons (Fsp3) is 0.733. The topological polar surface area (TPSA) is 88.3 Å². The van der Waals surface area contributed by atoms with Gasteiger partial charge in [-0.15, -0.1) is 11.8 Å². The number of hydrogen-bond donors (Lipinski definition) is 1. The molecule has 128 valence electrons. The van der Waals surface area contributed by atoms with Gasteiger partial charge in [0.25, 0.3) is 0 Å². The highest BCUT2D eigenvalue weighted by molar-refractivity contribution is 7.99. The normalized spacial score (nSPS) is 18.3. The first-order valence-electron chi connectivity index (χ1n) is 7.75. The smallest absolute Gasteiger partial charge is 0.243 e. The van der Waals surface area contributed by atoms with Crippen molar-refractivity contribution in [2.24, 2.45) is 5.41 Å². The Kier molecular flexibility index (Phi) is 5.67. The van der Waals surface area contributed by atoms with Crippen LogP contribution in [0.5, 0.6) is 0 Å². The molecule has 1 aromatic heterocycles. The van der Waals surface area contributed by atoms with E-state index in [-0.39, 0.29) is 17.9 Å². The van der Waals surface area contributed by atoms with Gasteiger partial charge in [0.2, 0.25) is 17.7 Å². The number of rotatable bonds is 5. The number of nitrogens with one attached hydrogen (secondary N) is 1.